The molecule has 3 rings (SSSR count). The second-order valence-corrected chi connectivity index (χ2v) is 4.80. The Balaban J connectivity index is 2.08. The summed E-state index contributed by atoms with van der Waals surface area (Å²) >= 11 is 0. The number of nitrogens with one attached hydrogen (secondary N) is 1. The van der Waals surface area contributed by atoms with Crippen molar-refractivity contribution in [3.8, 4) is 0 Å². The molecule has 1 aromatic carbocycles. The quantitative estimate of drug-likeness (QED) is 0.750. The van der Waals surface area contributed by atoms with Crippen LogP contribution in [0.5, 0.6) is 0 Å². The Morgan fingerprint density at radius 3 is 3.00 bits per heavy atom. The number of nitrogens with zero attached hydrogens (tertiary/aromatic N) is 4. The maximum absolute atomic E-state index is 9.16. The zero-order valence-electron chi connectivity index (χ0n) is 11.8. The van der Waals surface area contributed by atoms with Gasteiger partial charge in [0.2, 0.25) is 0 Å². The van der Waals surface area contributed by atoms with Crippen LogP contribution in [0.2, 0.25) is 0 Å². The lowest BCUT2D eigenvalue weighted by Gasteiger charge is -2.24. The molecule has 0 saturated carbocycles. The van der Waals surface area contributed by atoms with Gasteiger partial charge in [-0.05, 0) is 31.5 Å². The van der Waals surface area contributed by atoms with Crippen molar-refractivity contribution in [2.45, 2.75) is 13.3 Å². The average Bonchev–Trinajstić information content (AvgIpc) is 2.97. The molecule has 6 heteroatoms. The van der Waals surface area contributed by atoms with Crippen molar-refractivity contribution in [3.05, 3.63) is 42.5 Å². The Hall–Kier alpha value is -2.47. The first-order chi connectivity index (χ1) is 10.3. The van der Waals surface area contributed by atoms with E-state index in [9.17, 15) is 0 Å². The molecule has 0 fully saturated rings. The van der Waals surface area contributed by atoms with E-state index in [2.05, 4.69) is 25.1 Å². The lowest BCUT2D eigenvalue weighted by atomic mass is 10.2. The Morgan fingerprint density at radius 2 is 2.19 bits per heavy atom. The summed E-state index contributed by atoms with van der Waals surface area (Å²) in [5.41, 5.74) is 2.00. The first-order valence-electron chi connectivity index (χ1n) is 6.90. The van der Waals surface area contributed by atoms with Gasteiger partial charge in [0.15, 0.2) is 0 Å². The van der Waals surface area contributed by atoms with Crippen molar-refractivity contribution in [2.75, 3.05) is 18.1 Å². The predicted molar refractivity (Wildman–Crippen MR) is 81.6 cm³/mol. The minimum Gasteiger partial charge on any atom is -0.396 e. The number of aromatic nitrogens is 4. The minimum atomic E-state index is 0.141. The number of aryl methyl sites for hydroxylation is 1. The van der Waals surface area contributed by atoms with Crippen LogP contribution in [0.25, 0.3) is 10.9 Å². The van der Waals surface area contributed by atoms with E-state index in [1.807, 2.05) is 37.4 Å². The lowest BCUT2D eigenvalue weighted by Crippen LogP contribution is -2.21. The third-order valence-corrected chi connectivity index (χ3v) is 3.33. The van der Waals surface area contributed by atoms with E-state index in [0.29, 0.717) is 13.0 Å². The second-order valence-electron chi connectivity index (χ2n) is 4.80. The molecule has 0 unspecified atom stereocenters. The van der Waals surface area contributed by atoms with E-state index in [4.69, 9.17) is 5.11 Å². The molecule has 0 aliphatic heterocycles. The number of fused-ring (bicyclic) bond motifs is 1. The minimum absolute atomic E-state index is 0.141. The smallest absolute Gasteiger partial charge is 0.136 e. The lowest BCUT2D eigenvalue weighted by molar-refractivity contribution is 0.291. The van der Waals surface area contributed by atoms with Gasteiger partial charge in [0.05, 0.1) is 17.4 Å². The van der Waals surface area contributed by atoms with E-state index < -0.39 is 0 Å². The number of hydrogen-bond acceptors (Lipinski definition) is 5. The molecule has 0 aliphatic rings. The molecule has 21 heavy (non-hydrogen) atoms. The van der Waals surface area contributed by atoms with Crippen molar-refractivity contribution in [1.29, 1.82) is 0 Å². The fraction of sp³-hybridized carbons (Fsp3) is 0.267. The van der Waals surface area contributed by atoms with Crippen molar-refractivity contribution in [3.63, 3.8) is 0 Å². The normalized spacial score (nSPS) is 11.0. The van der Waals surface area contributed by atoms with Crippen LogP contribution in [0.4, 0.5) is 11.5 Å². The third-order valence-electron chi connectivity index (χ3n) is 3.33. The Kier molecular flexibility index (Phi) is 3.79. The van der Waals surface area contributed by atoms with Crippen LogP contribution in [0.1, 0.15) is 12.2 Å². The maximum atomic E-state index is 9.16. The van der Waals surface area contributed by atoms with Crippen molar-refractivity contribution >= 4 is 22.4 Å². The van der Waals surface area contributed by atoms with Crippen LogP contribution in [0.3, 0.4) is 0 Å². The van der Waals surface area contributed by atoms with Crippen LogP contribution >= 0.6 is 0 Å². The van der Waals surface area contributed by atoms with Crippen molar-refractivity contribution in [1.82, 2.24) is 20.2 Å². The van der Waals surface area contributed by atoms with Gasteiger partial charge >= 0.3 is 0 Å². The maximum Gasteiger partial charge on any atom is 0.136 e. The van der Waals surface area contributed by atoms with E-state index >= 15 is 0 Å². The molecule has 6 nitrogen and oxygen atoms in total. The number of aliphatic hydroxyl groups excluding tert-OH is 1. The molecule has 2 heterocycles. The van der Waals surface area contributed by atoms with Gasteiger partial charge in [-0.2, -0.15) is 5.10 Å². The van der Waals surface area contributed by atoms with Crippen molar-refractivity contribution < 1.29 is 5.11 Å². The monoisotopic (exact) mass is 283 g/mol. The Bertz CT molecular complexity index is 740. The summed E-state index contributed by atoms with van der Waals surface area (Å²) in [6.45, 7) is 2.69. The highest BCUT2D eigenvalue weighted by atomic mass is 16.3. The van der Waals surface area contributed by atoms with Crippen LogP contribution in [0, 0.1) is 6.92 Å². The molecule has 2 aromatic heterocycles. The second kappa shape index (κ2) is 5.88. The van der Waals surface area contributed by atoms with Gasteiger partial charge in [0.1, 0.15) is 11.6 Å². The zero-order valence-corrected chi connectivity index (χ0v) is 11.8. The van der Waals surface area contributed by atoms with Crippen LogP contribution < -0.4 is 4.90 Å². The summed E-state index contributed by atoms with van der Waals surface area (Å²) in [5, 5.41) is 17.3. The SMILES string of the molecule is Cc1nccc(N(CCCO)c2cccc3[nH]ncc23)n1. The molecule has 3 aromatic rings. The number of hydrogen-bond donors (Lipinski definition) is 2. The highest BCUT2D eigenvalue weighted by Gasteiger charge is 2.14. The van der Waals surface area contributed by atoms with Gasteiger partial charge in [0, 0.05) is 24.7 Å². The number of aromatic amines is 1. The molecule has 108 valence electrons. The topological polar surface area (TPSA) is 77.9 Å². The van der Waals surface area contributed by atoms with Gasteiger partial charge in [-0.3, -0.25) is 5.10 Å². The fourth-order valence-electron chi connectivity index (χ4n) is 2.37. The first-order valence-corrected chi connectivity index (χ1v) is 6.90. The fourth-order valence-corrected chi connectivity index (χ4v) is 2.37. The Labute approximate surface area is 122 Å². The van der Waals surface area contributed by atoms with Gasteiger partial charge in [0.25, 0.3) is 0 Å². The summed E-state index contributed by atoms with van der Waals surface area (Å²) in [4.78, 5) is 10.7. The van der Waals surface area contributed by atoms with Crippen LogP contribution in [-0.2, 0) is 0 Å². The molecule has 0 amide bonds. The third kappa shape index (κ3) is 2.71. The Morgan fingerprint density at radius 1 is 1.29 bits per heavy atom. The van der Waals surface area contributed by atoms with Gasteiger partial charge < -0.3 is 10.0 Å². The highest BCUT2D eigenvalue weighted by Crippen LogP contribution is 2.30. The van der Waals surface area contributed by atoms with E-state index in [-0.39, 0.29) is 6.61 Å². The summed E-state index contributed by atoms with van der Waals surface area (Å²) < 4.78 is 0. The number of anilines is 2. The van der Waals surface area contributed by atoms with Crippen LogP contribution in [0.15, 0.2) is 36.7 Å². The molecule has 0 atom stereocenters. The highest BCUT2D eigenvalue weighted by molar-refractivity contribution is 5.93. The largest absolute Gasteiger partial charge is 0.396 e. The van der Waals surface area contributed by atoms with E-state index in [0.717, 1.165) is 28.2 Å². The van der Waals surface area contributed by atoms with E-state index in [1.165, 1.54) is 0 Å². The molecular weight excluding hydrogens is 266 g/mol. The molecule has 0 spiro atoms. The van der Waals surface area contributed by atoms with Crippen LogP contribution in [-0.4, -0.2) is 38.4 Å². The average molecular weight is 283 g/mol. The molecule has 2 N–H and O–H groups in total. The molecule has 0 saturated heterocycles. The van der Waals surface area contributed by atoms with Gasteiger partial charge in [-0.15, -0.1) is 0 Å². The zero-order chi connectivity index (χ0) is 14.7. The van der Waals surface area contributed by atoms with Gasteiger partial charge in [-0.25, -0.2) is 9.97 Å². The number of rotatable bonds is 5. The number of aliphatic hydroxyl groups is 1. The number of benzene rings is 1. The molecular formula is C15H17N5O. The molecule has 0 radical (unpaired) electrons. The standard InChI is InChI=1S/C15H17N5O/c1-11-16-7-6-15(18-11)20(8-3-9-21)14-5-2-4-13-12(14)10-17-19-13/h2,4-7,10,21H,3,8-9H2,1H3,(H,17,19). The summed E-state index contributed by atoms with van der Waals surface area (Å²) in [5.74, 6) is 1.55. The van der Waals surface area contributed by atoms with E-state index in [1.54, 1.807) is 6.20 Å². The van der Waals surface area contributed by atoms with Gasteiger partial charge in [-0.1, -0.05) is 6.07 Å². The summed E-state index contributed by atoms with van der Waals surface area (Å²) in [6.07, 6.45) is 4.22. The predicted octanol–water partition coefficient (Wildman–Crippen LogP) is 2.18. The number of H-pyrrole nitrogens is 1. The summed E-state index contributed by atoms with van der Waals surface area (Å²) in [7, 11) is 0. The molecule has 0 bridgehead atoms. The summed E-state index contributed by atoms with van der Waals surface area (Å²) in [6, 6.07) is 7.88. The first kappa shape index (κ1) is 13.5. The molecule has 0 aliphatic carbocycles. The van der Waals surface area contributed by atoms with Crippen molar-refractivity contribution in [2.24, 2.45) is 0 Å².